The molecule has 3 aromatic rings. The SMILES string of the molecule is COc1cccc(OC)c1C(=O)N1CCN(c2nc(-c3ccc(F)cc3)cs2)CC1. The number of halogens is 1. The number of hydrogen-bond donors (Lipinski definition) is 0. The second-order valence-electron chi connectivity index (χ2n) is 6.84. The van der Waals surface area contributed by atoms with Crippen molar-refractivity contribution in [1.29, 1.82) is 0 Å². The molecule has 156 valence electrons. The summed E-state index contributed by atoms with van der Waals surface area (Å²) < 4.78 is 23.9. The quantitative estimate of drug-likeness (QED) is 0.618. The largest absolute Gasteiger partial charge is 0.496 e. The van der Waals surface area contributed by atoms with E-state index in [2.05, 4.69) is 4.90 Å². The van der Waals surface area contributed by atoms with Crippen molar-refractivity contribution in [2.45, 2.75) is 0 Å². The lowest BCUT2D eigenvalue weighted by Gasteiger charge is -2.35. The Labute approximate surface area is 178 Å². The average Bonchev–Trinajstić information content (AvgIpc) is 3.29. The molecule has 0 radical (unpaired) electrons. The first-order valence-electron chi connectivity index (χ1n) is 9.57. The molecule has 2 aromatic carbocycles. The van der Waals surface area contributed by atoms with Crippen LogP contribution in [0.25, 0.3) is 11.3 Å². The molecular weight excluding hydrogens is 405 g/mol. The number of thiazole rings is 1. The van der Waals surface area contributed by atoms with Gasteiger partial charge in [-0.3, -0.25) is 4.79 Å². The molecule has 1 saturated heterocycles. The number of ether oxygens (including phenoxy) is 2. The minimum atomic E-state index is -0.262. The van der Waals surface area contributed by atoms with Crippen LogP contribution in [-0.2, 0) is 0 Å². The first-order chi connectivity index (χ1) is 14.6. The van der Waals surface area contributed by atoms with Crippen LogP contribution in [-0.4, -0.2) is 56.2 Å². The Hall–Kier alpha value is -3.13. The first kappa shape index (κ1) is 20.2. The van der Waals surface area contributed by atoms with Crippen molar-refractivity contribution < 1.29 is 18.7 Å². The molecule has 6 nitrogen and oxygen atoms in total. The van der Waals surface area contributed by atoms with Gasteiger partial charge in [0.15, 0.2) is 5.13 Å². The van der Waals surface area contributed by atoms with Crippen LogP contribution in [0.1, 0.15) is 10.4 Å². The van der Waals surface area contributed by atoms with Gasteiger partial charge >= 0.3 is 0 Å². The smallest absolute Gasteiger partial charge is 0.261 e. The molecule has 30 heavy (non-hydrogen) atoms. The third-order valence-corrected chi connectivity index (χ3v) is 6.01. The molecule has 2 heterocycles. The number of nitrogens with zero attached hydrogens (tertiary/aromatic N) is 3. The second-order valence-corrected chi connectivity index (χ2v) is 7.68. The van der Waals surface area contributed by atoms with Crippen LogP contribution in [0.5, 0.6) is 11.5 Å². The fourth-order valence-corrected chi connectivity index (χ4v) is 4.37. The minimum absolute atomic E-state index is 0.102. The van der Waals surface area contributed by atoms with E-state index in [9.17, 15) is 9.18 Å². The van der Waals surface area contributed by atoms with Gasteiger partial charge in [0.2, 0.25) is 0 Å². The van der Waals surface area contributed by atoms with Crippen molar-refractivity contribution in [2.75, 3.05) is 45.3 Å². The second kappa shape index (κ2) is 8.71. The van der Waals surface area contributed by atoms with E-state index < -0.39 is 0 Å². The molecule has 8 heteroatoms. The molecule has 0 atom stereocenters. The van der Waals surface area contributed by atoms with Gasteiger partial charge in [0.25, 0.3) is 5.91 Å². The lowest BCUT2D eigenvalue weighted by atomic mass is 10.1. The van der Waals surface area contributed by atoms with Gasteiger partial charge in [-0.25, -0.2) is 9.37 Å². The van der Waals surface area contributed by atoms with Gasteiger partial charge in [-0.1, -0.05) is 6.07 Å². The summed E-state index contributed by atoms with van der Waals surface area (Å²) in [5.41, 5.74) is 2.16. The van der Waals surface area contributed by atoms with E-state index in [1.807, 2.05) is 10.3 Å². The molecule has 0 spiro atoms. The Morgan fingerprint density at radius 1 is 1.00 bits per heavy atom. The number of benzene rings is 2. The number of aromatic nitrogens is 1. The molecule has 0 saturated carbocycles. The Balaban J connectivity index is 1.45. The average molecular weight is 428 g/mol. The number of methoxy groups -OCH3 is 2. The summed E-state index contributed by atoms with van der Waals surface area (Å²) in [5, 5.41) is 2.87. The molecule has 1 aliphatic rings. The zero-order valence-electron chi connectivity index (χ0n) is 16.8. The van der Waals surface area contributed by atoms with Crippen molar-refractivity contribution >= 4 is 22.4 Å². The molecule has 1 aromatic heterocycles. The maximum absolute atomic E-state index is 13.1. The number of anilines is 1. The highest BCUT2D eigenvalue weighted by atomic mass is 32.1. The van der Waals surface area contributed by atoms with E-state index in [0.29, 0.717) is 43.2 Å². The first-order valence-corrected chi connectivity index (χ1v) is 10.5. The number of carbonyl (C=O) groups is 1. The van der Waals surface area contributed by atoms with Crippen LogP contribution in [0.4, 0.5) is 9.52 Å². The maximum Gasteiger partial charge on any atom is 0.261 e. The lowest BCUT2D eigenvalue weighted by Crippen LogP contribution is -2.48. The fraction of sp³-hybridized carbons (Fsp3) is 0.273. The van der Waals surface area contributed by atoms with Crippen LogP contribution in [0, 0.1) is 5.82 Å². The molecule has 1 fully saturated rings. The predicted octanol–water partition coefficient (Wildman–Crippen LogP) is 3.93. The van der Waals surface area contributed by atoms with Crippen LogP contribution in [0.15, 0.2) is 47.8 Å². The zero-order chi connectivity index (χ0) is 21.1. The summed E-state index contributed by atoms with van der Waals surface area (Å²) in [4.78, 5) is 21.8. The maximum atomic E-state index is 13.1. The zero-order valence-corrected chi connectivity index (χ0v) is 17.6. The Kier molecular flexibility index (Phi) is 5.85. The molecule has 4 rings (SSSR count). The summed E-state index contributed by atoms with van der Waals surface area (Å²) in [6.07, 6.45) is 0. The monoisotopic (exact) mass is 427 g/mol. The summed E-state index contributed by atoms with van der Waals surface area (Å²) in [6, 6.07) is 11.6. The van der Waals surface area contributed by atoms with Crippen molar-refractivity contribution in [3.05, 3.63) is 59.2 Å². The Morgan fingerprint density at radius 2 is 1.63 bits per heavy atom. The van der Waals surface area contributed by atoms with Crippen molar-refractivity contribution in [2.24, 2.45) is 0 Å². The van der Waals surface area contributed by atoms with Crippen LogP contribution in [0.3, 0.4) is 0 Å². The lowest BCUT2D eigenvalue weighted by molar-refractivity contribution is 0.0740. The van der Waals surface area contributed by atoms with Gasteiger partial charge in [0.1, 0.15) is 22.9 Å². The number of carbonyl (C=O) groups excluding carboxylic acids is 1. The van der Waals surface area contributed by atoms with Gasteiger partial charge in [-0.2, -0.15) is 0 Å². The van der Waals surface area contributed by atoms with Crippen LogP contribution < -0.4 is 14.4 Å². The van der Waals surface area contributed by atoms with E-state index in [4.69, 9.17) is 14.5 Å². The molecule has 1 aliphatic heterocycles. The van der Waals surface area contributed by atoms with Crippen molar-refractivity contribution in [3.8, 4) is 22.8 Å². The third kappa shape index (κ3) is 3.95. The number of piperazine rings is 1. The molecular formula is C22H22FN3O3S. The topological polar surface area (TPSA) is 54.9 Å². The molecule has 1 amide bonds. The predicted molar refractivity (Wildman–Crippen MR) is 115 cm³/mol. The molecule has 0 N–H and O–H groups in total. The number of amides is 1. The van der Waals surface area contributed by atoms with Gasteiger partial charge in [0.05, 0.1) is 19.9 Å². The normalized spacial score (nSPS) is 14.0. The van der Waals surface area contributed by atoms with Gasteiger partial charge in [-0.15, -0.1) is 11.3 Å². The third-order valence-electron chi connectivity index (χ3n) is 5.11. The fourth-order valence-electron chi connectivity index (χ4n) is 3.48. The highest BCUT2D eigenvalue weighted by Crippen LogP contribution is 2.31. The van der Waals surface area contributed by atoms with E-state index in [1.54, 1.807) is 55.9 Å². The number of hydrogen-bond acceptors (Lipinski definition) is 6. The molecule has 0 bridgehead atoms. The Morgan fingerprint density at radius 3 is 2.23 bits per heavy atom. The van der Waals surface area contributed by atoms with Crippen LogP contribution in [0.2, 0.25) is 0 Å². The number of rotatable bonds is 5. The van der Waals surface area contributed by atoms with E-state index >= 15 is 0 Å². The standard InChI is InChI=1S/C22H22FN3O3S/c1-28-18-4-3-5-19(29-2)20(18)21(27)25-10-12-26(13-11-25)22-24-17(14-30-22)15-6-8-16(23)9-7-15/h3-9,14H,10-13H2,1-2H3. The summed E-state index contributed by atoms with van der Waals surface area (Å²) in [5.74, 6) is 0.646. The van der Waals surface area contributed by atoms with Gasteiger partial charge < -0.3 is 19.3 Å². The highest BCUT2D eigenvalue weighted by Gasteiger charge is 2.28. The Bertz CT molecular complexity index is 1010. The van der Waals surface area contributed by atoms with Gasteiger partial charge in [0, 0.05) is 37.1 Å². The van der Waals surface area contributed by atoms with Crippen molar-refractivity contribution in [1.82, 2.24) is 9.88 Å². The summed E-state index contributed by atoms with van der Waals surface area (Å²) in [6.45, 7) is 2.51. The minimum Gasteiger partial charge on any atom is -0.496 e. The molecule has 0 unspecified atom stereocenters. The van der Waals surface area contributed by atoms with Crippen LogP contribution >= 0.6 is 11.3 Å². The van der Waals surface area contributed by atoms with Crippen molar-refractivity contribution in [3.63, 3.8) is 0 Å². The van der Waals surface area contributed by atoms with Gasteiger partial charge in [-0.05, 0) is 36.4 Å². The summed E-state index contributed by atoms with van der Waals surface area (Å²) in [7, 11) is 3.09. The summed E-state index contributed by atoms with van der Waals surface area (Å²) >= 11 is 1.55. The van der Waals surface area contributed by atoms with E-state index in [1.165, 1.54) is 12.1 Å². The highest BCUT2D eigenvalue weighted by molar-refractivity contribution is 7.14. The molecule has 0 aliphatic carbocycles. The van der Waals surface area contributed by atoms with E-state index in [0.717, 1.165) is 16.4 Å². The van der Waals surface area contributed by atoms with E-state index in [-0.39, 0.29) is 11.7 Å².